The molecule has 0 aromatic heterocycles. The summed E-state index contributed by atoms with van der Waals surface area (Å²) in [6.45, 7) is 11.4. The Labute approximate surface area is 155 Å². The van der Waals surface area contributed by atoms with Crippen LogP contribution in [0.4, 0.5) is 0 Å². The van der Waals surface area contributed by atoms with Crippen molar-refractivity contribution in [2.24, 2.45) is 0 Å². The highest BCUT2D eigenvalue weighted by atomic mass is 127. The van der Waals surface area contributed by atoms with E-state index in [1.165, 1.54) is 10.4 Å². The number of rotatable bonds is 5. The molecule has 0 radical (unpaired) electrons. The second kappa shape index (κ2) is 7.07. The van der Waals surface area contributed by atoms with E-state index < -0.39 is 8.32 Å². The van der Waals surface area contributed by atoms with Crippen molar-refractivity contribution < 1.29 is 4.43 Å². The summed E-state index contributed by atoms with van der Waals surface area (Å²) in [5.41, 5.74) is -0.161. The normalized spacial score (nSPS) is 13.1. The highest BCUT2D eigenvalue weighted by molar-refractivity contribution is 14.1. The first-order chi connectivity index (χ1) is 10.7. The molecule has 2 aromatic rings. The van der Waals surface area contributed by atoms with E-state index in [-0.39, 0.29) is 10.6 Å². The Kier molecular flexibility index (Phi) is 5.75. The van der Waals surface area contributed by atoms with Gasteiger partial charge in [-0.05, 0) is 29.3 Å². The number of benzene rings is 2. The Morgan fingerprint density at radius 3 is 1.48 bits per heavy atom. The summed E-state index contributed by atoms with van der Waals surface area (Å²) < 4.78 is 8.01. The minimum atomic E-state index is -2.41. The van der Waals surface area contributed by atoms with Crippen LogP contribution in [0.1, 0.15) is 34.6 Å². The molecular formula is C20H27IOSi. The Morgan fingerprint density at radius 2 is 1.17 bits per heavy atom. The first-order valence-electron chi connectivity index (χ1n) is 8.10. The van der Waals surface area contributed by atoms with E-state index in [9.17, 15) is 0 Å². The maximum absolute atomic E-state index is 7.04. The smallest absolute Gasteiger partial charge is 0.261 e. The lowest BCUT2D eigenvalue weighted by molar-refractivity contribution is 0.126. The van der Waals surface area contributed by atoms with Gasteiger partial charge in [-0.2, -0.15) is 0 Å². The van der Waals surface area contributed by atoms with Crippen LogP contribution in [0.5, 0.6) is 0 Å². The Bertz CT molecular complexity index is 578. The van der Waals surface area contributed by atoms with E-state index in [4.69, 9.17) is 4.43 Å². The van der Waals surface area contributed by atoms with E-state index in [1.807, 2.05) is 0 Å². The summed E-state index contributed by atoms with van der Waals surface area (Å²) >= 11 is 2.43. The summed E-state index contributed by atoms with van der Waals surface area (Å²) in [5, 5.41) is 2.73. The van der Waals surface area contributed by atoms with Crippen LogP contribution in [0.25, 0.3) is 0 Å². The van der Waals surface area contributed by atoms with Gasteiger partial charge in [0.25, 0.3) is 8.32 Å². The van der Waals surface area contributed by atoms with Crippen molar-refractivity contribution in [2.75, 3.05) is 4.43 Å². The van der Waals surface area contributed by atoms with Crippen LogP contribution in [0.3, 0.4) is 0 Å². The van der Waals surface area contributed by atoms with Gasteiger partial charge in [-0.15, -0.1) is 0 Å². The first-order valence-corrected chi connectivity index (χ1v) is 11.5. The van der Waals surface area contributed by atoms with E-state index in [2.05, 4.69) is 118 Å². The number of hydrogen-bond donors (Lipinski definition) is 0. The second-order valence-electron chi connectivity index (χ2n) is 7.66. The van der Waals surface area contributed by atoms with Gasteiger partial charge in [-0.25, -0.2) is 0 Å². The minimum Gasteiger partial charge on any atom is -0.402 e. The van der Waals surface area contributed by atoms with Crippen LogP contribution < -0.4 is 10.4 Å². The van der Waals surface area contributed by atoms with Crippen molar-refractivity contribution in [1.29, 1.82) is 0 Å². The third kappa shape index (κ3) is 3.89. The molecular weight excluding hydrogens is 411 g/mol. The second-order valence-corrected chi connectivity index (χ2v) is 12.6. The monoisotopic (exact) mass is 438 g/mol. The zero-order chi connectivity index (χ0) is 17.1. The maximum atomic E-state index is 7.04. The molecule has 0 saturated carbocycles. The van der Waals surface area contributed by atoms with E-state index in [0.717, 1.165) is 4.43 Å². The zero-order valence-electron chi connectivity index (χ0n) is 14.8. The SMILES string of the molecule is CC(C)(CI)O[Si](c1ccccc1)(c1ccccc1)C(C)(C)C. The van der Waals surface area contributed by atoms with Crippen LogP contribution in [-0.4, -0.2) is 18.3 Å². The van der Waals surface area contributed by atoms with Crippen LogP contribution in [0.15, 0.2) is 60.7 Å². The molecule has 124 valence electrons. The molecule has 0 bridgehead atoms. The molecule has 0 aliphatic carbocycles. The molecule has 0 aliphatic heterocycles. The predicted octanol–water partition coefficient (Wildman–Crippen LogP) is 4.78. The largest absolute Gasteiger partial charge is 0.402 e. The minimum absolute atomic E-state index is 0.0405. The Hall–Kier alpha value is -0.653. The van der Waals surface area contributed by atoms with Crippen LogP contribution in [0.2, 0.25) is 5.04 Å². The molecule has 0 spiro atoms. The van der Waals surface area contributed by atoms with Crippen LogP contribution in [-0.2, 0) is 4.43 Å². The molecule has 0 aliphatic rings. The highest BCUT2D eigenvalue weighted by Crippen LogP contribution is 2.39. The molecule has 23 heavy (non-hydrogen) atoms. The standard InChI is InChI=1S/C20H27IOSi/c1-19(2,3)23(22-20(4,5)16-21,17-12-8-6-9-13-17)18-14-10-7-11-15-18/h6-15H,16H2,1-5H3. The van der Waals surface area contributed by atoms with Crippen molar-refractivity contribution in [3.05, 3.63) is 60.7 Å². The molecule has 2 aromatic carbocycles. The lowest BCUT2D eigenvalue weighted by Crippen LogP contribution is -2.69. The quantitative estimate of drug-likeness (QED) is 0.371. The third-order valence-corrected chi connectivity index (χ3v) is 11.3. The number of alkyl halides is 1. The van der Waals surface area contributed by atoms with Gasteiger partial charge in [0.1, 0.15) is 0 Å². The maximum Gasteiger partial charge on any atom is 0.261 e. The average Bonchev–Trinajstić information content (AvgIpc) is 2.53. The molecule has 0 atom stereocenters. The van der Waals surface area contributed by atoms with Gasteiger partial charge < -0.3 is 4.43 Å². The van der Waals surface area contributed by atoms with Gasteiger partial charge in [0, 0.05) is 4.43 Å². The van der Waals surface area contributed by atoms with E-state index >= 15 is 0 Å². The van der Waals surface area contributed by atoms with Crippen molar-refractivity contribution in [2.45, 2.75) is 45.3 Å². The molecule has 0 N–H and O–H groups in total. The topological polar surface area (TPSA) is 9.23 Å². The fraction of sp³-hybridized carbons (Fsp3) is 0.400. The van der Waals surface area contributed by atoms with Crippen molar-refractivity contribution >= 4 is 41.3 Å². The number of halogens is 1. The van der Waals surface area contributed by atoms with Gasteiger partial charge in [0.05, 0.1) is 5.60 Å². The molecule has 2 rings (SSSR count). The third-order valence-electron chi connectivity index (χ3n) is 4.17. The molecule has 3 heteroatoms. The summed E-state index contributed by atoms with van der Waals surface area (Å²) in [4.78, 5) is 0. The summed E-state index contributed by atoms with van der Waals surface area (Å²) in [6, 6.07) is 21.7. The van der Waals surface area contributed by atoms with E-state index in [0.29, 0.717) is 0 Å². The number of hydrogen-bond acceptors (Lipinski definition) is 1. The lowest BCUT2D eigenvalue weighted by atomic mass is 10.2. The fourth-order valence-corrected chi connectivity index (χ4v) is 8.37. The van der Waals surface area contributed by atoms with Crippen molar-refractivity contribution in [3.63, 3.8) is 0 Å². The van der Waals surface area contributed by atoms with Crippen molar-refractivity contribution in [1.82, 2.24) is 0 Å². The summed E-state index contributed by atoms with van der Waals surface area (Å²) in [6.07, 6.45) is 0. The molecule has 1 nitrogen and oxygen atoms in total. The fourth-order valence-electron chi connectivity index (χ4n) is 3.09. The van der Waals surface area contributed by atoms with Gasteiger partial charge >= 0.3 is 0 Å². The molecule has 0 unspecified atom stereocenters. The van der Waals surface area contributed by atoms with Gasteiger partial charge in [-0.1, -0.05) is 104 Å². The molecule has 0 heterocycles. The Balaban J connectivity index is 2.75. The van der Waals surface area contributed by atoms with Crippen LogP contribution >= 0.6 is 22.6 Å². The zero-order valence-corrected chi connectivity index (χ0v) is 17.9. The highest BCUT2D eigenvalue weighted by Gasteiger charge is 2.52. The van der Waals surface area contributed by atoms with E-state index in [1.54, 1.807) is 0 Å². The summed E-state index contributed by atoms with van der Waals surface area (Å²) in [7, 11) is -2.41. The molecule has 0 amide bonds. The lowest BCUT2D eigenvalue weighted by Gasteiger charge is -2.47. The summed E-state index contributed by atoms with van der Waals surface area (Å²) in [5.74, 6) is 0. The van der Waals surface area contributed by atoms with Gasteiger partial charge in [0.2, 0.25) is 0 Å². The average molecular weight is 438 g/mol. The first kappa shape index (κ1) is 18.7. The molecule has 0 saturated heterocycles. The van der Waals surface area contributed by atoms with Gasteiger partial charge in [0.15, 0.2) is 0 Å². The van der Waals surface area contributed by atoms with Crippen LogP contribution in [0, 0.1) is 0 Å². The van der Waals surface area contributed by atoms with Gasteiger partial charge in [-0.3, -0.25) is 0 Å². The Morgan fingerprint density at radius 1 is 0.783 bits per heavy atom. The molecule has 0 fully saturated rings. The predicted molar refractivity (Wildman–Crippen MR) is 112 cm³/mol. The van der Waals surface area contributed by atoms with Crippen molar-refractivity contribution in [3.8, 4) is 0 Å².